The fraction of sp³-hybridized carbons (Fsp3) is 0.444. The van der Waals surface area contributed by atoms with E-state index in [0.717, 1.165) is 56.0 Å². The van der Waals surface area contributed by atoms with Gasteiger partial charge in [0.25, 0.3) is 0 Å². The summed E-state index contributed by atoms with van der Waals surface area (Å²) in [5, 5.41) is 14.8. The maximum absolute atomic E-state index is 12.9. The summed E-state index contributed by atoms with van der Waals surface area (Å²) in [6.07, 6.45) is 2.67. The average molecular weight is 501 g/mol. The van der Waals surface area contributed by atoms with Crippen LogP contribution in [-0.4, -0.2) is 78.8 Å². The summed E-state index contributed by atoms with van der Waals surface area (Å²) in [4.78, 5) is 35.4. The van der Waals surface area contributed by atoms with Crippen LogP contribution >= 0.6 is 0 Å². The van der Waals surface area contributed by atoms with Crippen molar-refractivity contribution in [2.75, 3.05) is 40.9 Å². The van der Waals surface area contributed by atoms with Crippen molar-refractivity contribution in [1.82, 2.24) is 9.80 Å². The summed E-state index contributed by atoms with van der Waals surface area (Å²) < 4.78 is 10.7. The van der Waals surface area contributed by atoms with Crippen LogP contribution in [0.1, 0.15) is 29.5 Å². The molecule has 2 aromatic rings. The van der Waals surface area contributed by atoms with Gasteiger partial charge < -0.3 is 24.6 Å². The first kappa shape index (κ1) is 28.6. The molecule has 1 amide bonds. The van der Waals surface area contributed by atoms with Gasteiger partial charge in [-0.15, -0.1) is 0 Å². The molecule has 9 heteroatoms. The lowest BCUT2D eigenvalue weighted by Crippen LogP contribution is -2.41. The monoisotopic (exact) mass is 500 g/mol. The minimum atomic E-state index is -1.82. The molecule has 0 unspecified atom stereocenters. The number of aryl methyl sites for hydroxylation is 1. The zero-order chi connectivity index (χ0) is 26.7. The second-order valence-corrected chi connectivity index (χ2v) is 8.85. The second kappa shape index (κ2) is 14.1. The van der Waals surface area contributed by atoms with E-state index in [-0.39, 0.29) is 11.8 Å². The molecule has 1 saturated heterocycles. The third-order valence-electron chi connectivity index (χ3n) is 6.21. The molecule has 1 heterocycles. The molecule has 1 aliphatic heterocycles. The summed E-state index contributed by atoms with van der Waals surface area (Å²) in [5.74, 6) is -1.79. The number of rotatable bonds is 8. The number of carboxylic acids is 2. The molecule has 36 heavy (non-hydrogen) atoms. The van der Waals surface area contributed by atoms with Crippen molar-refractivity contribution in [1.29, 1.82) is 0 Å². The van der Waals surface area contributed by atoms with E-state index in [0.29, 0.717) is 6.54 Å². The second-order valence-electron chi connectivity index (χ2n) is 8.85. The lowest BCUT2D eigenvalue weighted by Gasteiger charge is -2.33. The van der Waals surface area contributed by atoms with Crippen molar-refractivity contribution in [3.8, 4) is 11.5 Å². The molecule has 0 radical (unpaired) electrons. The maximum atomic E-state index is 12.9. The molecule has 0 aliphatic carbocycles. The number of carbonyl (C=O) groups excluding carboxylic acids is 1. The van der Waals surface area contributed by atoms with Crippen molar-refractivity contribution in [3.63, 3.8) is 0 Å². The van der Waals surface area contributed by atoms with E-state index >= 15 is 0 Å². The summed E-state index contributed by atoms with van der Waals surface area (Å²) in [6.45, 7) is 5.75. The Bertz CT molecular complexity index is 1000. The highest BCUT2D eigenvalue weighted by atomic mass is 16.5. The Balaban J connectivity index is 0.000000678. The molecule has 3 rings (SSSR count). The Labute approximate surface area is 212 Å². The van der Waals surface area contributed by atoms with E-state index < -0.39 is 11.9 Å². The van der Waals surface area contributed by atoms with E-state index in [2.05, 4.69) is 36.1 Å². The number of hydrogen-bond donors (Lipinski definition) is 2. The Morgan fingerprint density at radius 2 is 1.47 bits per heavy atom. The van der Waals surface area contributed by atoms with E-state index in [1.807, 2.05) is 30.1 Å². The highest BCUT2D eigenvalue weighted by molar-refractivity contribution is 6.27. The Hall–Kier alpha value is -3.59. The lowest BCUT2D eigenvalue weighted by atomic mass is 9.95. The van der Waals surface area contributed by atoms with E-state index in [1.54, 1.807) is 14.2 Å². The first-order valence-electron chi connectivity index (χ1n) is 11.8. The largest absolute Gasteiger partial charge is 0.493 e. The Kier molecular flexibility index (Phi) is 11.2. The normalized spacial score (nSPS) is 13.8. The van der Waals surface area contributed by atoms with Crippen LogP contribution in [0.3, 0.4) is 0 Å². The predicted octanol–water partition coefficient (Wildman–Crippen LogP) is 3.08. The molecule has 0 atom stereocenters. The standard InChI is InChI=1S/C25H34N2O3.C2H2O4/c1-19-5-7-21(8-6-19)18-27-15-12-22(13-16-27)25(28)26(2)14-11-20-9-10-23(29-3)24(17-20)30-4;3-1(4)2(5)6/h5-10,17,22H,11-16,18H2,1-4H3;(H,3,4)(H,5,6). The minimum Gasteiger partial charge on any atom is -0.493 e. The van der Waals surface area contributed by atoms with E-state index in [9.17, 15) is 4.79 Å². The molecule has 1 aliphatic rings. The van der Waals surface area contributed by atoms with Crippen LogP contribution in [-0.2, 0) is 27.3 Å². The number of piperidine rings is 1. The third kappa shape index (κ3) is 8.88. The molecule has 0 saturated carbocycles. The number of carboxylic acid groups (broad SMARTS) is 2. The minimum absolute atomic E-state index is 0.134. The molecular formula is C27H36N2O7. The van der Waals surface area contributed by atoms with Crippen LogP contribution in [0, 0.1) is 12.8 Å². The first-order chi connectivity index (χ1) is 17.1. The van der Waals surface area contributed by atoms with Gasteiger partial charge in [-0.05, 0) is 62.5 Å². The van der Waals surface area contributed by atoms with Gasteiger partial charge in [0.05, 0.1) is 14.2 Å². The zero-order valence-corrected chi connectivity index (χ0v) is 21.4. The topological polar surface area (TPSA) is 117 Å². The molecule has 0 bridgehead atoms. The molecular weight excluding hydrogens is 464 g/mol. The molecule has 2 N–H and O–H groups in total. The number of aliphatic carboxylic acids is 2. The van der Waals surface area contributed by atoms with Gasteiger partial charge in [-0.1, -0.05) is 35.9 Å². The summed E-state index contributed by atoms with van der Waals surface area (Å²) >= 11 is 0. The van der Waals surface area contributed by atoms with E-state index in [1.165, 1.54) is 11.1 Å². The Morgan fingerprint density at radius 1 is 0.917 bits per heavy atom. The van der Waals surface area contributed by atoms with Crippen LogP contribution in [0.25, 0.3) is 0 Å². The number of likely N-dealkylation sites (N-methyl/N-ethyl adjacent to an activating group) is 1. The van der Waals surface area contributed by atoms with Crippen LogP contribution in [0.2, 0.25) is 0 Å². The molecule has 9 nitrogen and oxygen atoms in total. The van der Waals surface area contributed by atoms with Crippen LogP contribution in [0.4, 0.5) is 0 Å². The van der Waals surface area contributed by atoms with Gasteiger partial charge >= 0.3 is 11.9 Å². The number of carbonyl (C=O) groups is 3. The number of amides is 1. The smallest absolute Gasteiger partial charge is 0.414 e. The summed E-state index contributed by atoms with van der Waals surface area (Å²) in [7, 11) is 5.19. The van der Waals surface area contributed by atoms with E-state index in [4.69, 9.17) is 29.3 Å². The van der Waals surface area contributed by atoms with Gasteiger partial charge in [-0.3, -0.25) is 9.69 Å². The number of methoxy groups -OCH3 is 2. The van der Waals surface area contributed by atoms with Gasteiger partial charge in [-0.25, -0.2) is 9.59 Å². The first-order valence-corrected chi connectivity index (χ1v) is 11.8. The molecule has 2 aromatic carbocycles. The summed E-state index contributed by atoms with van der Waals surface area (Å²) in [5.41, 5.74) is 3.77. The highest BCUT2D eigenvalue weighted by Gasteiger charge is 2.27. The van der Waals surface area contributed by atoms with Crippen molar-refractivity contribution in [3.05, 3.63) is 59.2 Å². The zero-order valence-electron chi connectivity index (χ0n) is 21.4. The molecule has 0 spiro atoms. The van der Waals surface area contributed by atoms with Crippen molar-refractivity contribution in [2.45, 2.75) is 32.7 Å². The summed E-state index contributed by atoms with van der Waals surface area (Å²) in [6, 6.07) is 14.7. The fourth-order valence-corrected chi connectivity index (χ4v) is 4.04. The van der Waals surface area contributed by atoms with Gasteiger partial charge in [-0.2, -0.15) is 0 Å². The predicted molar refractivity (Wildman–Crippen MR) is 135 cm³/mol. The number of hydrogen-bond acceptors (Lipinski definition) is 6. The molecule has 196 valence electrons. The number of nitrogens with zero attached hydrogens (tertiary/aromatic N) is 2. The van der Waals surface area contributed by atoms with Gasteiger partial charge in [0.15, 0.2) is 11.5 Å². The van der Waals surface area contributed by atoms with Crippen molar-refractivity contribution < 1.29 is 34.1 Å². The number of benzene rings is 2. The van der Waals surface area contributed by atoms with Gasteiger partial charge in [0.1, 0.15) is 0 Å². The quantitative estimate of drug-likeness (QED) is 0.531. The Morgan fingerprint density at radius 3 is 2.00 bits per heavy atom. The highest BCUT2D eigenvalue weighted by Crippen LogP contribution is 2.28. The average Bonchev–Trinajstić information content (AvgIpc) is 2.88. The van der Waals surface area contributed by atoms with Crippen LogP contribution < -0.4 is 9.47 Å². The number of ether oxygens (including phenoxy) is 2. The van der Waals surface area contributed by atoms with Crippen LogP contribution in [0.15, 0.2) is 42.5 Å². The molecule has 0 aromatic heterocycles. The number of likely N-dealkylation sites (tertiary alicyclic amines) is 1. The van der Waals surface area contributed by atoms with Gasteiger partial charge in [0, 0.05) is 26.1 Å². The SMILES string of the molecule is COc1ccc(CCN(C)C(=O)C2CCN(Cc3ccc(C)cc3)CC2)cc1OC.O=C(O)C(=O)O. The van der Waals surface area contributed by atoms with Gasteiger partial charge in [0.2, 0.25) is 5.91 Å². The van der Waals surface area contributed by atoms with Crippen molar-refractivity contribution in [2.24, 2.45) is 5.92 Å². The third-order valence-corrected chi connectivity index (χ3v) is 6.21. The fourth-order valence-electron chi connectivity index (χ4n) is 4.04. The van der Waals surface area contributed by atoms with Crippen LogP contribution in [0.5, 0.6) is 11.5 Å². The molecule has 1 fully saturated rings. The maximum Gasteiger partial charge on any atom is 0.414 e. The lowest BCUT2D eigenvalue weighted by molar-refractivity contribution is -0.159. The van der Waals surface area contributed by atoms with Crippen molar-refractivity contribution >= 4 is 17.8 Å².